The van der Waals surface area contributed by atoms with Gasteiger partial charge in [0.25, 0.3) is 0 Å². The highest BCUT2D eigenvalue weighted by molar-refractivity contribution is 6.46. The number of rotatable bonds is 4. The molecule has 0 atom stereocenters. The van der Waals surface area contributed by atoms with Crippen LogP contribution in [0, 0.1) is 0 Å². The average Bonchev–Trinajstić information content (AvgIpc) is 3.35. The van der Waals surface area contributed by atoms with Gasteiger partial charge < -0.3 is 20.1 Å². The molecule has 0 saturated heterocycles. The summed E-state index contributed by atoms with van der Waals surface area (Å²) in [5, 5.41) is 8.53. The minimum Gasteiger partial charge on any atom is -0.398 e. The topological polar surface area (TPSA) is 100 Å². The largest absolute Gasteiger partial charge is 0.398 e. The molecular formula is C20H22Cl2N6O2. The third kappa shape index (κ3) is 3.40. The van der Waals surface area contributed by atoms with Crippen LogP contribution in [0.5, 0.6) is 0 Å². The predicted octanol–water partition coefficient (Wildman–Crippen LogP) is 3.13. The molecule has 0 radical (unpaired) electrons. The zero-order valence-corrected chi connectivity index (χ0v) is 18.2. The first-order valence-corrected chi connectivity index (χ1v) is 10.3. The van der Waals surface area contributed by atoms with Gasteiger partial charge in [0, 0.05) is 74.1 Å². The summed E-state index contributed by atoms with van der Waals surface area (Å²) in [6.07, 6.45) is 3.86. The Labute approximate surface area is 183 Å². The molecule has 10 heteroatoms. The number of aromatic nitrogens is 3. The lowest BCUT2D eigenvalue weighted by Gasteiger charge is -2.30. The van der Waals surface area contributed by atoms with Gasteiger partial charge in [0.2, 0.25) is 11.8 Å². The molecule has 0 aliphatic carbocycles. The Morgan fingerprint density at radius 3 is 2.70 bits per heavy atom. The highest BCUT2D eigenvalue weighted by atomic mass is 35.5. The van der Waals surface area contributed by atoms with E-state index in [2.05, 4.69) is 14.8 Å². The Bertz CT molecular complexity index is 1140. The van der Waals surface area contributed by atoms with E-state index < -0.39 is 0 Å². The number of hydrogen-bond donors (Lipinski definition) is 2. The second-order valence-corrected chi connectivity index (χ2v) is 8.33. The van der Waals surface area contributed by atoms with Crippen LogP contribution in [0.4, 0.5) is 5.69 Å². The van der Waals surface area contributed by atoms with E-state index in [1.54, 1.807) is 37.5 Å². The molecule has 8 nitrogen and oxygen atoms in total. The van der Waals surface area contributed by atoms with Gasteiger partial charge in [-0.2, -0.15) is 5.10 Å². The van der Waals surface area contributed by atoms with E-state index in [0.29, 0.717) is 35.4 Å². The molecule has 1 aliphatic rings. The number of hydrogen-bond acceptors (Lipinski definition) is 4. The van der Waals surface area contributed by atoms with Crippen molar-refractivity contribution in [3.63, 3.8) is 0 Å². The van der Waals surface area contributed by atoms with E-state index in [9.17, 15) is 9.59 Å². The Hall–Kier alpha value is -2.71. The summed E-state index contributed by atoms with van der Waals surface area (Å²) in [5.74, 6) is -0.125. The van der Waals surface area contributed by atoms with Crippen molar-refractivity contribution in [1.82, 2.24) is 24.6 Å². The number of carbonyl (C=O) groups is 2. The Balaban J connectivity index is 1.76. The van der Waals surface area contributed by atoms with E-state index in [-0.39, 0.29) is 24.7 Å². The predicted molar refractivity (Wildman–Crippen MR) is 117 cm³/mol. The number of nitrogens with one attached hydrogen (secondary N) is 1. The molecule has 4 rings (SSSR count). The maximum atomic E-state index is 12.8. The normalized spacial score (nSPS) is 13.5. The zero-order chi connectivity index (χ0) is 21.6. The van der Waals surface area contributed by atoms with Crippen molar-refractivity contribution in [3.8, 4) is 11.1 Å². The number of nitrogens with two attached hydrogens (primary N) is 1. The molecule has 0 fully saturated rings. The van der Waals surface area contributed by atoms with Crippen molar-refractivity contribution in [3.05, 3.63) is 34.2 Å². The SMILES string of the molecule is CN(C)C(=O)CCC(=O)N1CCn2c(c(-c3cn[nH]c3)c3c(N)cc(Cl)c(Cl)c32)C1. The van der Waals surface area contributed by atoms with Crippen LogP contribution in [-0.4, -0.2) is 57.0 Å². The van der Waals surface area contributed by atoms with Crippen molar-refractivity contribution in [1.29, 1.82) is 0 Å². The molecule has 1 aromatic carbocycles. The van der Waals surface area contributed by atoms with Crippen LogP contribution >= 0.6 is 23.2 Å². The Morgan fingerprint density at radius 2 is 2.03 bits per heavy atom. The van der Waals surface area contributed by atoms with Crippen LogP contribution in [0.25, 0.3) is 22.0 Å². The average molecular weight is 449 g/mol. The number of aromatic amines is 1. The quantitative estimate of drug-likeness (QED) is 0.598. The number of nitrogens with zero attached hydrogens (tertiary/aromatic N) is 4. The number of anilines is 1. The van der Waals surface area contributed by atoms with Gasteiger partial charge in [-0.1, -0.05) is 23.2 Å². The van der Waals surface area contributed by atoms with E-state index >= 15 is 0 Å². The Morgan fingerprint density at radius 1 is 1.27 bits per heavy atom. The van der Waals surface area contributed by atoms with Crippen molar-refractivity contribution >= 4 is 51.6 Å². The molecule has 3 aromatic rings. The van der Waals surface area contributed by atoms with Crippen molar-refractivity contribution in [2.75, 3.05) is 26.4 Å². The van der Waals surface area contributed by atoms with Crippen molar-refractivity contribution in [2.24, 2.45) is 0 Å². The summed E-state index contributed by atoms with van der Waals surface area (Å²) >= 11 is 12.9. The first-order chi connectivity index (χ1) is 14.3. The minimum absolute atomic E-state index is 0.0584. The maximum Gasteiger partial charge on any atom is 0.223 e. The molecule has 0 bridgehead atoms. The summed E-state index contributed by atoms with van der Waals surface area (Å²) in [6, 6.07) is 1.65. The van der Waals surface area contributed by atoms with Crippen LogP contribution in [0.15, 0.2) is 18.5 Å². The molecule has 2 amide bonds. The number of benzene rings is 1. The third-order valence-corrected chi connectivity index (χ3v) is 6.26. The summed E-state index contributed by atoms with van der Waals surface area (Å²) < 4.78 is 2.08. The smallest absolute Gasteiger partial charge is 0.223 e. The number of nitrogen functional groups attached to an aromatic ring is 1. The Kier molecular flexibility index (Phi) is 5.38. The van der Waals surface area contributed by atoms with Crippen LogP contribution in [0.2, 0.25) is 10.0 Å². The second kappa shape index (κ2) is 7.85. The van der Waals surface area contributed by atoms with Gasteiger partial charge in [-0.15, -0.1) is 0 Å². The molecule has 30 heavy (non-hydrogen) atoms. The van der Waals surface area contributed by atoms with Crippen molar-refractivity contribution in [2.45, 2.75) is 25.9 Å². The zero-order valence-electron chi connectivity index (χ0n) is 16.7. The van der Waals surface area contributed by atoms with Gasteiger partial charge in [0.05, 0.1) is 28.3 Å². The molecule has 0 saturated carbocycles. The van der Waals surface area contributed by atoms with Gasteiger partial charge in [-0.05, 0) is 6.07 Å². The van der Waals surface area contributed by atoms with E-state index in [1.807, 2.05) is 0 Å². The fourth-order valence-electron chi connectivity index (χ4n) is 3.96. The summed E-state index contributed by atoms with van der Waals surface area (Å²) in [6.45, 7) is 1.45. The molecule has 0 spiro atoms. The van der Waals surface area contributed by atoms with Crippen molar-refractivity contribution < 1.29 is 9.59 Å². The highest BCUT2D eigenvalue weighted by Gasteiger charge is 2.30. The lowest BCUT2D eigenvalue weighted by Crippen LogP contribution is -2.38. The number of fused-ring (bicyclic) bond motifs is 3. The van der Waals surface area contributed by atoms with E-state index in [0.717, 1.165) is 27.7 Å². The second-order valence-electron chi connectivity index (χ2n) is 7.55. The van der Waals surface area contributed by atoms with E-state index in [1.165, 1.54) is 4.90 Å². The monoisotopic (exact) mass is 448 g/mol. The summed E-state index contributed by atoms with van der Waals surface area (Å²) in [7, 11) is 3.37. The number of H-pyrrole nitrogens is 1. The van der Waals surface area contributed by atoms with Crippen LogP contribution in [0.1, 0.15) is 18.5 Å². The number of halogens is 2. The molecule has 0 unspecified atom stereocenters. The lowest BCUT2D eigenvalue weighted by molar-refractivity contribution is -0.136. The maximum absolute atomic E-state index is 12.8. The fourth-order valence-corrected chi connectivity index (χ4v) is 4.42. The number of carbonyl (C=O) groups excluding carboxylic acids is 2. The molecular weight excluding hydrogens is 427 g/mol. The van der Waals surface area contributed by atoms with Gasteiger partial charge in [0.15, 0.2) is 0 Å². The first-order valence-electron chi connectivity index (χ1n) is 9.55. The molecule has 3 heterocycles. The lowest BCUT2D eigenvalue weighted by atomic mass is 10.0. The van der Waals surface area contributed by atoms with Gasteiger partial charge in [0.1, 0.15) is 0 Å². The summed E-state index contributed by atoms with van der Waals surface area (Å²) in [4.78, 5) is 27.9. The minimum atomic E-state index is -0.0669. The third-order valence-electron chi connectivity index (χ3n) is 5.48. The van der Waals surface area contributed by atoms with Gasteiger partial charge in [-0.25, -0.2) is 0 Å². The van der Waals surface area contributed by atoms with Crippen LogP contribution in [-0.2, 0) is 22.7 Å². The summed E-state index contributed by atoms with van der Waals surface area (Å²) in [5.41, 5.74) is 10.3. The first kappa shape index (κ1) is 20.6. The van der Waals surface area contributed by atoms with E-state index in [4.69, 9.17) is 28.9 Å². The van der Waals surface area contributed by atoms with Gasteiger partial charge in [-0.3, -0.25) is 14.7 Å². The van der Waals surface area contributed by atoms with Crippen LogP contribution < -0.4 is 5.73 Å². The number of amides is 2. The standard InChI is InChI=1S/C20H22Cl2N6O2/c1-26(2)15(29)3-4-16(30)27-5-6-28-14(10-27)17(11-8-24-25-9-11)18-13(23)7-12(21)19(22)20(18)28/h7-9H,3-6,10,23H2,1-2H3,(H,24,25). The van der Waals surface area contributed by atoms with Crippen LogP contribution in [0.3, 0.4) is 0 Å². The molecule has 2 aromatic heterocycles. The fraction of sp³-hybridized carbons (Fsp3) is 0.350. The molecule has 158 valence electrons. The molecule has 1 aliphatic heterocycles. The highest BCUT2D eigenvalue weighted by Crippen LogP contribution is 2.45. The molecule has 3 N–H and O–H groups in total. The van der Waals surface area contributed by atoms with Gasteiger partial charge >= 0.3 is 0 Å².